The first-order valence-electron chi connectivity index (χ1n) is 26.3. The summed E-state index contributed by atoms with van der Waals surface area (Å²) in [6, 6.07) is 75.9. The molecule has 9 aromatic carbocycles. The van der Waals surface area contributed by atoms with Crippen LogP contribution in [0.1, 0.15) is 104 Å². The van der Waals surface area contributed by atoms with Crippen molar-refractivity contribution in [2.75, 3.05) is 14.7 Å². The zero-order valence-electron chi connectivity index (χ0n) is 44.5. The van der Waals surface area contributed by atoms with Gasteiger partial charge in [0.2, 0.25) is 0 Å². The maximum atomic E-state index is 2.68. The molecule has 0 spiro atoms. The quantitative estimate of drug-likeness (QED) is 0.154. The molecule has 0 unspecified atom stereocenters. The topological polar surface area (TPSA) is 9.72 Å². The van der Waals surface area contributed by atoms with Crippen LogP contribution in [0.3, 0.4) is 0 Å². The van der Waals surface area contributed by atoms with Crippen molar-refractivity contribution in [3.63, 3.8) is 0 Å². The first-order chi connectivity index (χ1) is 34.9. The van der Waals surface area contributed by atoms with E-state index in [1.807, 2.05) is 0 Å². The van der Waals surface area contributed by atoms with Crippen molar-refractivity contribution >= 4 is 74.3 Å². The second kappa shape index (κ2) is 16.8. The molecule has 0 aromatic heterocycles. The molecule has 12 rings (SSSR count). The largest absolute Gasteiger partial charge is 0.311 e. The van der Waals surface area contributed by atoms with Crippen LogP contribution >= 0.6 is 0 Å². The van der Waals surface area contributed by atoms with E-state index in [0.717, 1.165) is 17.1 Å². The highest BCUT2D eigenvalue weighted by Gasteiger charge is 2.47. The summed E-state index contributed by atoms with van der Waals surface area (Å²) in [6.07, 6.45) is 0. The molecule has 2 heterocycles. The summed E-state index contributed by atoms with van der Waals surface area (Å²) >= 11 is 0. The van der Waals surface area contributed by atoms with Gasteiger partial charge in [0.05, 0.1) is 11.4 Å². The fraction of sp³-hybridized carbons (Fsp3) is 0.217. The lowest BCUT2D eigenvalue weighted by molar-refractivity contribution is 0.590. The van der Waals surface area contributed by atoms with Gasteiger partial charge in [-0.15, -0.1) is 0 Å². The van der Waals surface area contributed by atoms with Crippen LogP contribution in [0, 0.1) is 0 Å². The number of hydrogen-bond donors (Lipinski definition) is 0. The highest BCUT2D eigenvalue weighted by molar-refractivity contribution is 7.00. The Labute approximate surface area is 434 Å². The van der Waals surface area contributed by atoms with E-state index in [-0.39, 0.29) is 28.4 Å². The van der Waals surface area contributed by atoms with E-state index in [2.05, 4.69) is 291 Å². The second-order valence-electron chi connectivity index (χ2n) is 24.3. The Kier molecular flexibility index (Phi) is 10.7. The third kappa shape index (κ3) is 7.55. The molecule has 0 N–H and O–H groups in total. The molecule has 9 aromatic rings. The van der Waals surface area contributed by atoms with E-state index in [4.69, 9.17) is 0 Å². The van der Waals surface area contributed by atoms with Crippen LogP contribution in [0.5, 0.6) is 0 Å². The summed E-state index contributed by atoms with van der Waals surface area (Å²) in [5.41, 5.74) is 25.7. The van der Waals surface area contributed by atoms with Gasteiger partial charge in [-0.1, -0.05) is 204 Å². The minimum atomic E-state index is -0.265. The summed E-state index contributed by atoms with van der Waals surface area (Å²) < 4.78 is 0. The maximum absolute atomic E-state index is 2.68. The van der Waals surface area contributed by atoms with Crippen molar-refractivity contribution in [1.82, 2.24) is 0 Å². The molecule has 1 aliphatic carbocycles. The zero-order valence-corrected chi connectivity index (χ0v) is 44.5. The molecule has 2 aliphatic heterocycles. The first kappa shape index (κ1) is 46.5. The predicted molar refractivity (Wildman–Crippen MR) is 314 cm³/mol. The van der Waals surface area contributed by atoms with Gasteiger partial charge in [-0.3, -0.25) is 0 Å². The Morgan fingerprint density at radius 1 is 0.370 bits per heavy atom. The Balaban J connectivity index is 1.22. The number of nitrogens with zero attached hydrogens (tertiary/aromatic N) is 3. The Bertz CT molecular complexity index is 3570. The summed E-state index contributed by atoms with van der Waals surface area (Å²) in [7, 11) is 0. The smallest absolute Gasteiger partial charge is 0.252 e. The van der Waals surface area contributed by atoms with E-state index in [9.17, 15) is 0 Å². The lowest BCUT2D eigenvalue weighted by Gasteiger charge is -2.46. The molecule has 73 heavy (non-hydrogen) atoms. The molecular formula is C69H66BN3. The predicted octanol–water partition coefficient (Wildman–Crippen LogP) is 17.1. The molecule has 0 saturated heterocycles. The average Bonchev–Trinajstić information content (AvgIpc) is 3.62. The Hall–Kier alpha value is -7.56. The van der Waals surface area contributed by atoms with Gasteiger partial charge in [0, 0.05) is 50.8 Å². The molecule has 0 saturated carbocycles. The third-order valence-corrected chi connectivity index (χ3v) is 16.1. The molecule has 0 radical (unpaired) electrons. The molecule has 0 fully saturated rings. The van der Waals surface area contributed by atoms with Crippen LogP contribution in [0.2, 0.25) is 0 Å². The normalized spacial score (nSPS) is 14.3. The van der Waals surface area contributed by atoms with Gasteiger partial charge in [0.1, 0.15) is 0 Å². The van der Waals surface area contributed by atoms with Gasteiger partial charge in [0.15, 0.2) is 0 Å². The standard InChI is InChI=1S/C69H66BN3/c1-66(2,3)46-34-38-58(54(40-46)45-24-15-12-16-25-45)72-59-39-35-47(67(4,5)6)41-57(59)70-56-37-36-51(71(49-26-17-13-18-27-49)50-28-19-14-20-29-50)44-61(56)73(63-43-48(68(7,8)9)42-62(72)65(63)70)60-33-23-31-53-52-30-21-22-32-55(52)69(10,11)64(53)60/h12-44H,1-11H3. The van der Waals surface area contributed by atoms with Crippen LogP contribution in [0.15, 0.2) is 200 Å². The molecule has 0 bridgehead atoms. The van der Waals surface area contributed by atoms with Crippen LogP contribution in [0.4, 0.5) is 51.2 Å². The summed E-state index contributed by atoms with van der Waals surface area (Å²) in [6.45, 7) is 25.9. The monoisotopic (exact) mass is 948 g/mol. The van der Waals surface area contributed by atoms with Crippen molar-refractivity contribution in [1.29, 1.82) is 0 Å². The van der Waals surface area contributed by atoms with Gasteiger partial charge < -0.3 is 14.7 Å². The van der Waals surface area contributed by atoms with Crippen LogP contribution in [0.25, 0.3) is 22.3 Å². The summed E-state index contributed by atoms with van der Waals surface area (Å²) in [4.78, 5) is 7.74. The van der Waals surface area contributed by atoms with Crippen molar-refractivity contribution in [2.45, 2.75) is 97.8 Å². The van der Waals surface area contributed by atoms with E-state index in [1.54, 1.807) is 0 Å². The van der Waals surface area contributed by atoms with Gasteiger partial charge in [0.25, 0.3) is 6.71 Å². The minimum absolute atomic E-state index is 0.0388. The number of para-hydroxylation sites is 2. The van der Waals surface area contributed by atoms with Crippen molar-refractivity contribution in [2.24, 2.45) is 0 Å². The molecule has 3 aliphatic rings. The van der Waals surface area contributed by atoms with Crippen molar-refractivity contribution in [3.8, 4) is 22.3 Å². The summed E-state index contributed by atoms with van der Waals surface area (Å²) in [5, 5.41) is 0. The molecular weight excluding hydrogens is 882 g/mol. The first-order valence-corrected chi connectivity index (χ1v) is 26.3. The van der Waals surface area contributed by atoms with Gasteiger partial charge >= 0.3 is 0 Å². The third-order valence-electron chi connectivity index (χ3n) is 16.1. The molecule has 3 nitrogen and oxygen atoms in total. The highest BCUT2D eigenvalue weighted by atomic mass is 15.2. The lowest BCUT2D eigenvalue weighted by Crippen LogP contribution is -2.61. The molecule has 0 atom stereocenters. The number of fused-ring (bicyclic) bond motifs is 7. The number of hydrogen-bond acceptors (Lipinski definition) is 3. The average molecular weight is 948 g/mol. The molecule has 0 amide bonds. The Morgan fingerprint density at radius 3 is 1.52 bits per heavy atom. The van der Waals surface area contributed by atoms with E-state index >= 15 is 0 Å². The summed E-state index contributed by atoms with van der Waals surface area (Å²) in [5.74, 6) is 0. The number of benzene rings is 9. The Morgan fingerprint density at radius 2 is 0.904 bits per heavy atom. The second-order valence-corrected chi connectivity index (χ2v) is 24.3. The molecule has 4 heteroatoms. The lowest BCUT2D eigenvalue weighted by atomic mass is 9.33. The number of anilines is 9. The SMILES string of the molecule is CC(C)(C)c1ccc2c(c1)B1c3ccc(N(c4ccccc4)c4ccccc4)cc3N(c3cccc4c3C(C)(C)c3ccccc3-4)c3cc(C(C)(C)C)cc(c31)N2c1ccc(C(C)(C)C)cc1-c1ccccc1. The van der Waals surface area contributed by atoms with Gasteiger partial charge in [-0.2, -0.15) is 0 Å². The minimum Gasteiger partial charge on any atom is -0.311 e. The van der Waals surface area contributed by atoms with Crippen LogP contribution in [-0.2, 0) is 21.7 Å². The molecule has 360 valence electrons. The van der Waals surface area contributed by atoms with E-state index in [1.165, 1.54) is 101 Å². The van der Waals surface area contributed by atoms with Gasteiger partial charge in [-0.25, -0.2) is 0 Å². The van der Waals surface area contributed by atoms with E-state index in [0.29, 0.717) is 0 Å². The van der Waals surface area contributed by atoms with Crippen molar-refractivity contribution in [3.05, 3.63) is 228 Å². The number of rotatable bonds is 6. The highest BCUT2D eigenvalue weighted by Crippen LogP contribution is 2.56. The van der Waals surface area contributed by atoms with Gasteiger partial charge in [-0.05, 0) is 150 Å². The zero-order chi connectivity index (χ0) is 50.8. The fourth-order valence-corrected chi connectivity index (χ4v) is 12.2. The maximum Gasteiger partial charge on any atom is 0.252 e. The van der Waals surface area contributed by atoms with Crippen molar-refractivity contribution < 1.29 is 0 Å². The van der Waals surface area contributed by atoms with E-state index < -0.39 is 0 Å². The van der Waals surface area contributed by atoms with Crippen LogP contribution in [-0.4, -0.2) is 6.71 Å². The fourth-order valence-electron chi connectivity index (χ4n) is 12.2. The van der Waals surface area contributed by atoms with Crippen LogP contribution < -0.4 is 31.1 Å².